The van der Waals surface area contributed by atoms with E-state index in [0.717, 1.165) is 6.42 Å². The van der Waals surface area contributed by atoms with E-state index in [1.807, 2.05) is 27.7 Å². The minimum absolute atomic E-state index is 0.0304. The molecule has 1 aromatic rings. The summed E-state index contributed by atoms with van der Waals surface area (Å²) in [5.74, 6) is 0.603. The molecule has 1 unspecified atom stereocenters. The van der Waals surface area contributed by atoms with Gasteiger partial charge in [-0.2, -0.15) is 0 Å². The van der Waals surface area contributed by atoms with Crippen LogP contribution in [0.4, 0.5) is 0 Å². The molecule has 1 aliphatic rings. The molecule has 0 saturated carbocycles. The highest BCUT2D eigenvalue weighted by molar-refractivity contribution is 6.34. The van der Waals surface area contributed by atoms with Crippen molar-refractivity contribution >= 4 is 17.4 Å². The van der Waals surface area contributed by atoms with E-state index in [1.54, 1.807) is 18.2 Å². The first-order valence-electron chi connectivity index (χ1n) is 6.79. The van der Waals surface area contributed by atoms with Crippen LogP contribution in [0.1, 0.15) is 39.7 Å². The molecule has 5 nitrogen and oxygen atoms in total. The predicted octanol–water partition coefficient (Wildman–Crippen LogP) is 3.16. The van der Waals surface area contributed by atoms with Crippen LogP contribution in [-0.4, -0.2) is 28.3 Å². The van der Waals surface area contributed by atoms with E-state index in [0.29, 0.717) is 16.3 Å². The summed E-state index contributed by atoms with van der Waals surface area (Å²) in [4.78, 5) is 0. The van der Waals surface area contributed by atoms with Crippen LogP contribution in [0.15, 0.2) is 23.4 Å². The predicted molar refractivity (Wildman–Crippen MR) is 82.2 cm³/mol. The van der Waals surface area contributed by atoms with Crippen molar-refractivity contribution in [2.24, 2.45) is 10.9 Å². The largest absolute Gasteiger partial charge is 0.487 e. The molecule has 1 heterocycles. The van der Waals surface area contributed by atoms with Crippen molar-refractivity contribution in [2.45, 2.75) is 51.4 Å². The molecule has 116 valence electrons. The van der Waals surface area contributed by atoms with Gasteiger partial charge in [0.15, 0.2) is 5.84 Å². The summed E-state index contributed by atoms with van der Waals surface area (Å²) >= 11 is 6.13. The van der Waals surface area contributed by atoms with Crippen molar-refractivity contribution in [1.82, 2.24) is 0 Å². The minimum Gasteiger partial charge on any atom is -0.487 e. The monoisotopic (exact) mass is 312 g/mol. The molecule has 2 rings (SSSR count). The standard InChI is InChI=1S/C15H21ClN2O3/c1-14(2)8-12(15(3,4)21-14)20-9-5-6-10(11(16)7-9)13(17)18-19/h5-7,12,19H,8H2,1-4H3,(H2,17,18). The second-order valence-corrected chi connectivity index (χ2v) is 6.81. The molecular formula is C15H21ClN2O3. The maximum absolute atomic E-state index is 8.69. The number of halogens is 1. The Balaban J connectivity index is 2.20. The molecule has 0 bridgehead atoms. The molecule has 1 aromatic carbocycles. The zero-order valence-corrected chi connectivity index (χ0v) is 13.4. The van der Waals surface area contributed by atoms with Crippen LogP contribution < -0.4 is 10.5 Å². The van der Waals surface area contributed by atoms with Crippen molar-refractivity contribution in [1.29, 1.82) is 0 Å². The third-order valence-corrected chi connectivity index (χ3v) is 3.91. The number of nitrogens with zero attached hydrogens (tertiary/aromatic N) is 1. The van der Waals surface area contributed by atoms with Crippen LogP contribution in [-0.2, 0) is 4.74 Å². The number of amidine groups is 1. The topological polar surface area (TPSA) is 77.1 Å². The first-order valence-corrected chi connectivity index (χ1v) is 7.17. The average molecular weight is 313 g/mol. The molecule has 1 aliphatic heterocycles. The van der Waals surface area contributed by atoms with Gasteiger partial charge < -0.3 is 20.4 Å². The molecule has 0 aliphatic carbocycles. The third-order valence-electron chi connectivity index (χ3n) is 3.59. The fourth-order valence-corrected chi connectivity index (χ4v) is 2.96. The summed E-state index contributed by atoms with van der Waals surface area (Å²) in [5.41, 5.74) is 5.42. The first-order chi connectivity index (χ1) is 9.64. The maximum Gasteiger partial charge on any atom is 0.171 e. The third kappa shape index (κ3) is 3.41. The minimum atomic E-state index is -0.375. The van der Waals surface area contributed by atoms with Gasteiger partial charge in [0.25, 0.3) is 0 Å². The van der Waals surface area contributed by atoms with Crippen LogP contribution in [0.3, 0.4) is 0 Å². The van der Waals surface area contributed by atoms with Gasteiger partial charge in [-0.15, -0.1) is 0 Å². The van der Waals surface area contributed by atoms with Crippen LogP contribution in [0.5, 0.6) is 5.75 Å². The summed E-state index contributed by atoms with van der Waals surface area (Å²) in [6, 6.07) is 5.08. The Morgan fingerprint density at radius 1 is 1.43 bits per heavy atom. The van der Waals surface area contributed by atoms with Crippen LogP contribution >= 0.6 is 11.6 Å². The maximum atomic E-state index is 8.69. The zero-order valence-electron chi connectivity index (χ0n) is 12.7. The van der Waals surface area contributed by atoms with Gasteiger partial charge in [-0.1, -0.05) is 16.8 Å². The smallest absolute Gasteiger partial charge is 0.171 e. The average Bonchev–Trinajstić information content (AvgIpc) is 2.56. The van der Waals surface area contributed by atoms with Gasteiger partial charge in [-0.25, -0.2) is 0 Å². The van der Waals surface area contributed by atoms with Crippen molar-refractivity contribution in [3.05, 3.63) is 28.8 Å². The number of hydrogen-bond donors (Lipinski definition) is 2. The highest BCUT2D eigenvalue weighted by Gasteiger charge is 2.47. The van der Waals surface area contributed by atoms with Gasteiger partial charge in [0.1, 0.15) is 17.5 Å². The highest BCUT2D eigenvalue weighted by Crippen LogP contribution is 2.39. The quantitative estimate of drug-likeness (QED) is 0.389. The molecule has 1 saturated heterocycles. The van der Waals surface area contributed by atoms with Gasteiger partial charge in [0.2, 0.25) is 0 Å². The van der Waals surface area contributed by atoms with Gasteiger partial charge in [-0.3, -0.25) is 0 Å². The Labute approximate surface area is 129 Å². The molecule has 6 heteroatoms. The Kier molecular flexibility index (Phi) is 4.08. The highest BCUT2D eigenvalue weighted by atomic mass is 35.5. The number of oxime groups is 1. The lowest BCUT2D eigenvalue weighted by Gasteiger charge is -2.27. The first kappa shape index (κ1) is 15.9. The lowest BCUT2D eigenvalue weighted by Crippen LogP contribution is -2.36. The summed E-state index contributed by atoms with van der Waals surface area (Å²) in [5, 5.41) is 12.0. The van der Waals surface area contributed by atoms with E-state index in [4.69, 9.17) is 32.0 Å². The molecule has 0 radical (unpaired) electrons. The van der Waals surface area contributed by atoms with Crippen molar-refractivity contribution in [2.75, 3.05) is 0 Å². The molecule has 1 fully saturated rings. The number of hydrogen-bond acceptors (Lipinski definition) is 4. The van der Waals surface area contributed by atoms with Gasteiger partial charge in [0, 0.05) is 12.0 Å². The van der Waals surface area contributed by atoms with Gasteiger partial charge in [-0.05, 0) is 45.9 Å². The SMILES string of the molecule is CC1(C)CC(Oc2ccc(/C(N)=N/O)c(Cl)c2)C(C)(C)O1. The Hall–Kier alpha value is -1.46. The number of ether oxygens (including phenoxy) is 2. The van der Waals surface area contributed by atoms with Crippen molar-refractivity contribution in [3.8, 4) is 5.75 Å². The van der Waals surface area contributed by atoms with E-state index in [2.05, 4.69) is 5.16 Å². The van der Waals surface area contributed by atoms with Gasteiger partial charge >= 0.3 is 0 Å². The lowest BCUT2D eigenvalue weighted by atomic mass is 9.97. The molecule has 3 N–H and O–H groups in total. The Bertz CT molecular complexity index is 570. The number of rotatable bonds is 3. The van der Waals surface area contributed by atoms with E-state index in [1.165, 1.54) is 0 Å². The number of benzene rings is 1. The molecule has 0 spiro atoms. The number of nitrogens with two attached hydrogens (primary N) is 1. The van der Waals surface area contributed by atoms with Crippen LogP contribution in [0.25, 0.3) is 0 Å². The summed E-state index contributed by atoms with van der Waals surface area (Å²) in [6.45, 7) is 8.12. The fraction of sp³-hybridized carbons (Fsp3) is 0.533. The van der Waals surface area contributed by atoms with E-state index in [9.17, 15) is 0 Å². The lowest BCUT2D eigenvalue weighted by molar-refractivity contribution is -0.0846. The second-order valence-electron chi connectivity index (χ2n) is 6.40. The normalized spacial score (nSPS) is 24.0. The molecule has 0 amide bonds. The molecule has 0 aromatic heterocycles. The van der Waals surface area contributed by atoms with E-state index >= 15 is 0 Å². The molecule has 1 atom stereocenters. The van der Waals surface area contributed by atoms with E-state index in [-0.39, 0.29) is 23.1 Å². The Morgan fingerprint density at radius 3 is 2.57 bits per heavy atom. The fourth-order valence-electron chi connectivity index (χ4n) is 2.69. The van der Waals surface area contributed by atoms with Gasteiger partial charge in [0.05, 0.1) is 10.6 Å². The second kappa shape index (κ2) is 5.39. The van der Waals surface area contributed by atoms with Crippen LogP contribution in [0, 0.1) is 0 Å². The van der Waals surface area contributed by atoms with E-state index < -0.39 is 0 Å². The van der Waals surface area contributed by atoms with Crippen molar-refractivity contribution < 1.29 is 14.7 Å². The summed E-state index contributed by atoms with van der Waals surface area (Å²) in [7, 11) is 0. The molecular weight excluding hydrogens is 292 g/mol. The zero-order chi connectivity index (χ0) is 15.8. The van der Waals surface area contributed by atoms with Crippen LogP contribution in [0.2, 0.25) is 5.02 Å². The summed E-state index contributed by atoms with van der Waals surface area (Å²) in [6.07, 6.45) is 0.720. The Morgan fingerprint density at radius 2 is 2.10 bits per heavy atom. The van der Waals surface area contributed by atoms with Crippen molar-refractivity contribution in [3.63, 3.8) is 0 Å². The summed E-state index contributed by atoms with van der Waals surface area (Å²) < 4.78 is 12.0. The molecule has 21 heavy (non-hydrogen) atoms.